The first-order valence-electron chi connectivity index (χ1n) is 11.7. The van der Waals surface area contributed by atoms with Crippen molar-refractivity contribution in [1.82, 2.24) is 4.57 Å². The molecule has 6 nitrogen and oxygen atoms in total. The molecule has 1 amide bonds. The second-order valence-corrected chi connectivity index (χ2v) is 9.28. The van der Waals surface area contributed by atoms with E-state index in [2.05, 4.69) is 47.3 Å². The normalized spacial score (nSPS) is 18.2. The highest BCUT2D eigenvalue weighted by Gasteiger charge is 2.21. The summed E-state index contributed by atoms with van der Waals surface area (Å²) in [7, 11) is 0. The molecule has 0 spiro atoms. The van der Waals surface area contributed by atoms with Crippen molar-refractivity contribution in [2.24, 2.45) is 4.99 Å². The molecule has 1 saturated heterocycles. The lowest BCUT2D eigenvalue weighted by Crippen LogP contribution is -2.25. The lowest BCUT2D eigenvalue weighted by Gasteiger charge is -2.19. The lowest BCUT2D eigenvalue weighted by molar-refractivity contribution is -0.118. The van der Waals surface area contributed by atoms with Crippen molar-refractivity contribution < 1.29 is 14.3 Å². The van der Waals surface area contributed by atoms with Crippen molar-refractivity contribution in [3.63, 3.8) is 0 Å². The Morgan fingerprint density at radius 2 is 2.00 bits per heavy atom. The van der Waals surface area contributed by atoms with Crippen LogP contribution in [0.3, 0.4) is 0 Å². The van der Waals surface area contributed by atoms with E-state index >= 15 is 0 Å². The zero-order valence-corrected chi connectivity index (χ0v) is 19.9. The van der Waals surface area contributed by atoms with Gasteiger partial charge in [-0.2, -0.15) is 0 Å². The van der Waals surface area contributed by atoms with Gasteiger partial charge in [-0.15, -0.1) is 11.3 Å². The van der Waals surface area contributed by atoms with Crippen LogP contribution in [0, 0.1) is 0 Å². The highest BCUT2D eigenvalue weighted by molar-refractivity contribution is 7.07. The van der Waals surface area contributed by atoms with Crippen LogP contribution in [0.5, 0.6) is 5.75 Å². The van der Waals surface area contributed by atoms with Gasteiger partial charge in [0.15, 0.2) is 11.4 Å². The number of hydrogen-bond donors (Lipinski definition) is 1. The van der Waals surface area contributed by atoms with Crippen LogP contribution >= 0.6 is 11.3 Å². The number of benzene rings is 2. The van der Waals surface area contributed by atoms with Crippen LogP contribution in [0.2, 0.25) is 0 Å². The van der Waals surface area contributed by atoms with Crippen molar-refractivity contribution in [1.29, 1.82) is 0 Å². The van der Waals surface area contributed by atoms with Crippen LogP contribution in [0.15, 0.2) is 46.8 Å². The number of aryl methyl sites for hydroxylation is 2. The summed E-state index contributed by atoms with van der Waals surface area (Å²) in [5.41, 5.74) is 6.42. The predicted molar refractivity (Wildman–Crippen MR) is 131 cm³/mol. The number of nitrogens with one attached hydrogen (secondary N) is 1. The SMILES string of the molecule is CCc1cccc(CC)c1N=c1scc(-c2ccc3c(c2)NC(=O)CO3)n1CC1CCCO1. The van der Waals surface area contributed by atoms with E-state index in [0.29, 0.717) is 11.4 Å². The summed E-state index contributed by atoms with van der Waals surface area (Å²) in [5.74, 6) is 0.574. The van der Waals surface area contributed by atoms with Crippen LogP contribution in [0.25, 0.3) is 11.3 Å². The molecule has 0 bridgehead atoms. The smallest absolute Gasteiger partial charge is 0.262 e. The molecule has 3 heterocycles. The molecule has 1 aromatic heterocycles. The summed E-state index contributed by atoms with van der Waals surface area (Å²) in [6, 6.07) is 12.4. The van der Waals surface area contributed by atoms with Gasteiger partial charge in [0.2, 0.25) is 0 Å². The molecule has 0 saturated carbocycles. The van der Waals surface area contributed by atoms with Crippen molar-refractivity contribution in [2.75, 3.05) is 18.5 Å². The van der Waals surface area contributed by atoms with E-state index in [-0.39, 0.29) is 18.6 Å². The fraction of sp³-hybridized carbons (Fsp3) is 0.385. The topological polar surface area (TPSA) is 64.8 Å². The summed E-state index contributed by atoms with van der Waals surface area (Å²) in [4.78, 5) is 18.0. The number of rotatable bonds is 6. The summed E-state index contributed by atoms with van der Waals surface area (Å²) >= 11 is 1.65. The van der Waals surface area contributed by atoms with E-state index in [1.165, 1.54) is 11.1 Å². The number of fused-ring (bicyclic) bond motifs is 1. The zero-order valence-electron chi connectivity index (χ0n) is 19.1. The quantitative estimate of drug-likeness (QED) is 0.554. The van der Waals surface area contributed by atoms with Crippen molar-refractivity contribution in [3.05, 3.63) is 57.7 Å². The number of amides is 1. The van der Waals surface area contributed by atoms with Gasteiger partial charge < -0.3 is 19.4 Å². The second-order valence-electron chi connectivity index (χ2n) is 8.44. The number of para-hydroxylation sites is 1. The van der Waals surface area contributed by atoms with E-state index in [9.17, 15) is 4.79 Å². The van der Waals surface area contributed by atoms with Crippen molar-refractivity contribution in [2.45, 2.75) is 52.2 Å². The van der Waals surface area contributed by atoms with Gasteiger partial charge in [-0.1, -0.05) is 32.0 Å². The van der Waals surface area contributed by atoms with E-state index < -0.39 is 0 Å². The average Bonchev–Trinajstić information content (AvgIpc) is 3.49. The average molecular weight is 464 g/mol. The Morgan fingerprint density at radius 3 is 2.73 bits per heavy atom. The Bertz CT molecular complexity index is 1220. The Balaban J connectivity index is 1.63. The van der Waals surface area contributed by atoms with Gasteiger partial charge >= 0.3 is 0 Å². The van der Waals surface area contributed by atoms with Crippen LogP contribution in [0.1, 0.15) is 37.8 Å². The molecule has 3 aromatic rings. The number of carbonyl (C=O) groups is 1. The molecule has 2 aromatic carbocycles. The lowest BCUT2D eigenvalue weighted by atomic mass is 10.0. The van der Waals surface area contributed by atoms with Crippen molar-refractivity contribution >= 4 is 28.6 Å². The Kier molecular flexibility index (Phi) is 6.33. The van der Waals surface area contributed by atoms with Gasteiger partial charge in [-0.25, -0.2) is 4.99 Å². The number of anilines is 1. The third-order valence-corrected chi connectivity index (χ3v) is 7.15. The predicted octanol–water partition coefficient (Wildman–Crippen LogP) is 5.08. The fourth-order valence-electron chi connectivity index (χ4n) is 4.51. The summed E-state index contributed by atoms with van der Waals surface area (Å²) in [6.07, 6.45) is 4.23. The molecule has 1 unspecified atom stereocenters. The minimum absolute atomic E-state index is 0.0590. The van der Waals surface area contributed by atoms with E-state index in [4.69, 9.17) is 14.5 Å². The van der Waals surface area contributed by atoms with E-state index in [1.807, 2.05) is 18.2 Å². The molecule has 2 aliphatic heterocycles. The van der Waals surface area contributed by atoms with Crippen LogP contribution in [0.4, 0.5) is 11.4 Å². The number of carbonyl (C=O) groups excluding carboxylic acids is 1. The van der Waals surface area contributed by atoms with Gasteiger partial charge in [-0.05, 0) is 55.0 Å². The van der Waals surface area contributed by atoms with Gasteiger partial charge in [0.1, 0.15) is 5.75 Å². The molecule has 1 N–H and O–H groups in total. The number of hydrogen-bond acceptors (Lipinski definition) is 5. The third-order valence-electron chi connectivity index (χ3n) is 6.29. The third kappa shape index (κ3) is 4.48. The van der Waals surface area contributed by atoms with Crippen LogP contribution in [-0.4, -0.2) is 29.8 Å². The first-order chi connectivity index (χ1) is 16.2. The van der Waals surface area contributed by atoms with Gasteiger partial charge in [-0.3, -0.25) is 4.79 Å². The van der Waals surface area contributed by atoms with Crippen molar-refractivity contribution in [3.8, 4) is 17.0 Å². The Hall–Kier alpha value is -2.90. The second kappa shape index (κ2) is 9.53. The monoisotopic (exact) mass is 463 g/mol. The van der Waals surface area contributed by atoms with Crippen LogP contribution in [-0.2, 0) is 28.9 Å². The first kappa shape index (κ1) is 21.9. The number of thiazole rings is 1. The number of nitrogens with zero attached hydrogens (tertiary/aromatic N) is 2. The molecule has 0 radical (unpaired) electrons. The zero-order chi connectivity index (χ0) is 22.8. The summed E-state index contributed by atoms with van der Waals surface area (Å²) in [6.45, 7) is 5.99. The molecular formula is C26H29N3O3S. The van der Waals surface area contributed by atoms with Crippen LogP contribution < -0.4 is 14.9 Å². The molecule has 33 heavy (non-hydrogen) atoms. The molecule has 1 atom stereocenters. The van der Waals surface area contributed by atoms with Gasteiger partial charge in [0.05, 0.1) is 29.7 Å². The standard InChI is InChI=1S/C26H29N3O3S/c1-3-17-7-5-8-18(4-2)25(17)28-26-29(14-20-9-6-12-31-20)22(16-33-26)19-10-11-23-21(13-19)27-24(30)15-32-23/h5,7-8,10-11,13,16,20H,3-4,6,9,12,14-15H2,1-2H3,(H,27,30). The Labute approximate surface area is 197 Å². The molecule has 172 valence electrons. The molecule has 5 rings (SSSR count). The maximum Gasteiger partial charge on any atom is 0.262 e. The molecule has 7 heteroatoms. The molecule has 0 aliphatic carbocycles. The maximum absolute atomic E-state index is 11.8. The first-order valence-corrected chi connectivity index (χ1v) is 12.6. The summed E-state index contributed by atoms with van der Waals surface area (Å²) in [5, 5.41) is 5.08. The maximum atomic E-state index is 11.8. The highest BCUT2D eigenvalue weighted by Crippen LogP contribution is 2.33. The fourth-order valence-corrected chi connectivity index (χ4v) is 5.44. The number of aromatic nitrogens is 1. The minimum Gasteiger partial charge on any atom is -0.482 e. The largest absolute Gasteiger partial charge is 0.482 e. The highest BCUT2D eigenvalue weighted by atomic mass is 32.1. The molecular weight excluding hydrogens is 434 g/mol. The summed E-state index contributed by atoms with van der Waals surface area (Å²) < 4.78 is 13.8. The number of ether oxygens (including phenoxy) is 2. The Morgan fingerprint density at radius 1 is 1.18 bits per heavy atom. The minimum atomic E-state index is -0.129. The van der Waals surface area contributed by atoms with Gasteiger partial charge in [0, 0.05) is 17.6 Å². The van der Waals surface area contributed by atoms with E-state index in [1.54, 1.807) is 11.3 Å². The molecule has 2 aliphatic rings. The molecule has 1 fully saturated rings. The van der Waals surface area contributed by atoms with E-state index in [0.717, 1.165) is 60.6 Å². The van der Waals surface area contributed by atoms with Gasteiger partial charge in [0.25, 0.3) is 5.91 Å².